The number of anilines is 1. The third kappa shape index (κ3) is 2.09. The van der Waals surface area contributed by atoms with Crippen LogP contribution in [0.5, 0.6) is 0 Å². The molecule has 4 rings (SSSR count). The van der Waals surface area contributed by atoms with Gasteiger partial charge < -0.3 is 15.6 Å². The van der Waals surface area contributed by atoms with Crippen molar-refractivity contribution >= 4 is 25.4 Å². The van der Waals surface area contributed by atoms with Crippen molar-refractivity contribution in [3.05, 3.63) is 16.7 Å². The number of aliphatic hydroxyl groups is 1. The van der Waals surface area contributed by atoms with Crippen LogP contribution in [0.1, 0.15) is 13.2 Å². The summed E-state index contributed by atoms with van der Waals surface area (Å²) in [5.41, 5.74) is 3.76. The van der Waals surface area contributed by atoms with E-state index in [1.54, 1.807) is 0 Å². The maximum Gasteiger partial charge on any atom is 0.697 e. The Morgan fingerprint density at radius 3 is 3.17 bits per heavy atom. The van der Waals surface area contributed by atoms with Crippen molar-refractivity contribution in [1.82, 2.24) is 19.5 Å². The average Bonchev–Trinajstić information content (AvgIpc) is 2.99. The maximum atomic E-state index is 11.8. The number of nitrogens with one attached hydrogen (secondary N) is 1. The quantitative estimate of drug-likeness (QED) is 0.577. The first-order valence-electron chi connectivity index (χ1n) is 6.75. The highest BCUT2D eigenvalue weighted by Crippen LogP contribution is 2.48. The second-order valence-corrected chi connectivity index (χ2v) is 6.49. The number of fused-ring (bicyclic) bond motifs is 2. The standard InChI is InChI=1S/C11H12N5O6P/c1-11(18)6-4(2-20-23(19)22-6)21-9(11)16-3-13-5-7(16)14-10(12)15-8(5)17/h3-4,6,9,18H,2H2,1H3,(H2-,12,14,15,17)/p+1/t4-,6-,9-,11-/m1/s1. The zero-order chi connectivity index (χ0) is 16.4. The molecule has 0 amide bonds. The molecular weight excluding hydrogens is 329 g/mol. The van der Waals surface area contributed by atoms with Crippen LogP contribution < -0.4 is 11.3 Å². The van der Waals surface area contributed by atoms with Gasteiger partial charge in [0.05, 0.1) is 6.33 Å². The number of ether oxygens (including phenoxy) is 1. The summed E-state index contributed by atoms with van der Waals surface area (Å²) in [6.45, 7) is 1.51. The summed E-state index contributed by atoms with van der Waals surface area (Å²) in [6, 6.07) is 0. The average molecular weight is 342 g/mol. The van der Waals surface area contributed by atoms with E-state index in [1.807, 2.05) is 0 Å². The summed E-state index contributed by atoms with van der Waals surface area (Å²) < 4.78 is 28.7. The number of nitrogens with two attached hydrogens (primary N) is 1. The lowest BCUT2D eigenvalue weighted by Crippen LogP contribution is -2.46. The van der Waals surface area contributed by atoms with Gasteiger partial charge >= 0.3 is 8.25 Å². The summed E-state index contributed by atoms with van der Waals surface area (Å²) in [6.07, 6.45) is -1.09. The SMILES string of the molecule is C[C@@]1(O)[C@@H]2O[P+](=O)OC[C@H]2O[C@H]1n1cnc2c(=O)[nH]c(N)nc21. The highest BCUT2D eigenvalue weighted by Gasteiger charge is 2.61. The van der Waals surface area contributed by atoms with Crippen LogP contribution in [0.25, 0.3) is 11.2 Å². The molecule has 5 atom stereocenters. The van der Waals surface area contributed by atoms with Gasteiger partial charge in [-0.2, -0.15) is 4.98 Å². The minimum absolute atomic E-state index is 0.0231. The highest BCUT2D eigenvalue weighted by molar-refractivity contribution is 7.33. The van der Waals surface area contributed by atoms with Crippen LogP contribution in [0, 0.1) is 0 Å². The molecule has 0 aromatic carbocycles. The van der Waals surface area contributed by atoms with E-state index in [4.69, 9.17) is 19.5 Å². The molecule has 0 saturated carbocycles. The number of nitrogen functional groups attached to an aromatic ring is 1. The topological polar surface area (TPSA) is 155 Å². The number of H-pyrrole nitrogens is 1. The molecule has 122 valence electrons. The van der Waals surface area contributed by atoms with Gasteiger partial charge in [-0.3, -0.25) is 14.3 Å². The third-order valence-electron chi connectivity index (χ3n) is 3.96. The number of imidazole rings is 1. The summed E-state index contributed by atoms with van der Waals surface area (Å²) >= 11 is 0. The lowest BCUT2D eigenvalue weighted by atomic mass is 9.96. The van der Waals surface area contributed by atoms with Crippen LogP contribution in [0.3, 0.4) is 0 Å². The van der Waals surface area contributed by atoms with Gasteiger partial charge in [0.2, 0.25) is 5.95 Å². The highest BCUT2D eigenvalue weighted by atomic mass is 31.1. The van der Waals surface area contributed by atoms with Crippen molar-refractivity contribution in [3.63, 3.8) is 0 Å². The Labute approximate surface area is 129 Å². The van der Waals surface area contributed by atoms with Crippen LogP contribution in [-0.4, -0.2) is 49.0 Å². The van der Waals surface area contributed by atoms with Crippen molar-refractivity contribution in [3.8, 4) is 0 Å². The Morgan fingerprint density at radius 2 is 2.39 bits per heavy atom. The summed E-state index contributed by atoms with van der Waals surface area (Å²) in [5, 5.41) is 10.8. The Morgan fingerprint density at radius 1 is 1.61 bits per heavy atom. The second kappa shape index (κ2) is 4.79. The van der Waals surface area contributed by atoms with E-state index in [-0.39, 0.29) is 23.7 Å². The molecule has 2 saturated heterocycles. The molecule has 2 aromatic rings. The fourth-order valence-corrected chi connectivity index (χ4v) is 3.78. The van der Waals surface area contributed by atoms with Crippen molar-refractivity contribution in [2.45, 2.75) is 31.0 Å². The zero-order valence-electron chi connectivity index (χ0n) is 11.9. The molecule has 2 aliphatic heterocycles. The molecule has 12 heteroatoms. The molecule has 2 fully saturated rings. The van der Waals surface area contributed by atoms with Crippen LogP contribution in [-0.2, 0) is 18.3 Å². The van der Waals surface area contributed by atoms with Crippen LogP contribution in [0.4, 0.5) is 5.95 Å². The maximum absolute atomic E-state index is 11.8. The molecule has 0 bridgehead atoms. The molecular formula is C11H13N5O6P+. The first kappa shape index (κ1) is 14.7. The summed E-state index contributed by atoms with van der Waals surface area (Å²) in [7, 11) is -2.31. The molecule has 0 radical (unpaired) electrons. The van der Waals surface area contributed by atoms with Gasteiger partial charge in [0.1, 0.15) is 18.3 Å². The second-order valence-electron chi connectivity index (χ2n) is 5.57. The fraction of sp³-hybridized carbons (Fsp3) is 0.545. The van der Waals surface area contributed by atoms with Gasteiger partial charge in [0, 0.05) is 4.57 Å². The number of hydrogen-bond acceptors (Lipinski definition) is 9. The van der Waals surface area contributed by atoms with Crippen molar-refractivity contribution < 1.29 is 23.5 Å². The first-order chi connectivity index (χ1) is 10.9. The first-order valence-corrected chi connectivity index (χ1v) is 7.84. The zero-order valence-corrected chi connectivity index (χ0v) is 12.8. The number of aromatic amines is 1. The molecule has 0 spiro atoms. The number of nitrogens with zero attached hydrogens (tertiary/aromatic N) is 3. The van der Waals surface area contributed by atoms with E-state index in [2.05, 4.69) is 15.0 Å². The van der Waals surface area contributed by atoms with Gasteiger partial charge in [0.15, 0.2) is 23.5 Å². The Hall–Kier alpha value is -1.91. The normalized spacial score (nSPS) is 35.6. The number of rotatable bonds is 1. The van der Waals surface area contributed by atoms with Crippen molar-refractivity contribution in [2.24, 2.45) is 0 Å². The minimum atomic E-state index is -2.31. The lowest BCUT2D eigenvalue weighted by molar-refractivity contribution is -0.0884. The van der Waals surface area contributed by atoms with Crippen LogP contribution in [0.2, 0.25) is 0 Å². The number of aromatic nitrogens is 4. The van der Waals surface area contributed by atoms with Crippen LogP contribution >= 0.6 is 8.25 Å². The molecule has 0 aliphatic carbocycles. The van der Waals surface area contributed by atoms with Gasteiger partial charge in [-0.25, -0.2) is 4.98 Å². The summed E-state index contributed by atoms with van der Waals surface area (Å²) in [5.74, 6) is -0.0815. The molecule has 1 unspecified atom stereocenters. The van der Waals surface area contributed by atoms with Gasteiger partial charge in [0.25, 0.3) is 5.56 Å². The van der Waals surface area contributed by atoms with Crippen LogP contribution in [0.15, 0.2) is 11.1 Å². The van der Waals surface area contributed by atoms with E-state index >= 15 is 0 Å². The van der Waals surface area contributed by atoms with Crippen molar-refractivity contribution in [2.75, 3.05) is 12.3 Å². The minimum Gasteiger partial charge on any atom is -0.382 e. The molecule has 11 nitrogen and oxygen atoms in total. The smallest absolute Gasteiger partial charge is 0.382 e. The predicted octanol–water partition coefficient (Wildman–Crippen LogP) is -0.577. The third-order valence-corrected chi connectivity index (χ3v) is 4.72. The molecule has 2 aromatic heterocycles. The van der Waals surface area contributed by atoms with Crippen molar-refractivity contribution in [1.29, 1.82) is 0 Å². The molecule has 4 heterocycles. The lowest BCUT2D eigenvalue weighted by Gasteiger charge is -2.27. The van der Waals surface area contributed by atoms with E-state index in [0.717, 1.165) is 0 Å². The number of hydrogen-bond donors (Lipinski definition) is 3. The molecule has 2 aliphatic rings. The predicted molar refractivity (Wildman–Crippen MR) is 75.5 cm³/mol. The summed E-state index contributed by atoms with van der Waals surface area (Å²) in [4.78, 5) is 22.2. The molecule has 23 heavy (non-hydrogen) atoms. The largest absolute Gasteiger partial charge is 0.697 e. The van der Waals surface area contributed by atoms with Gasteiger partial charge in [-0.15, -0.1) is 9.05 Å². The van der Waals surface area contributed by atoms with E-state index in [9.17, 15) is 14.5 Å². The Bertz CT molecular complexity index is 862. The van der Waals surface area contributed by atoms with Gasteiger partial charge in [-0.1, -0.05) is 0 Å². The Balaban J connectivity index is 1.82. The van der Waals surface area contributed by atoms with E-state index < -0.39 is 37.9 Å². The monoisotopic (exact) mass is 342 g/mol. The fourth-order valence-electron chi connectivity index (χ4n) is 2.91. The molecule has 4 N–H and O–H groups in total. The van der Waals surface area contributed by atoms with E-state index in [0.29, 0.717) is 0 Å². The van der Waals surface area contributed by atoms with Gasteiger partial charge in [-0.05, 0) is 6.92 Å². The Kier molecular flexibility index (Phi) is 3.06. The van der Waals surface area contributed by atoms with E-state index in [1.165, 1.54) is 17.8 Å².